The van der Waals surface area contributed by atoms with Gasteiger partial charge in [0.25, 0.3) is 0 Å². The highest BCUT2D eigenvalue weighted by Gasteiger charge is 2.45. The van der Waals surface area contributed by atoms with Crippen molar-refractivity contribution >= 4 is 17.5 Å². The van der Waals surface area contributed by atoms with Crippen LogP contribution in [0.15, 0.2) is 24.3 Å². The summed E-state index contributed by atoms with van der Waals surface area (Å²) in [6, 6.07) is 7.02. The summed E-state index contributed by atoms with van der Waals surface area (Å²) in [5.74, 6) is 0.00224. The zero-order valence-electron chi connectivity index (χ0n) is 8.48. The Morgan fingerprint density at radius 2 is 2.13 bits per heavy atom. The first-order valence-electron chi connectivity index (χ1n) is 4.97. The molecule has 1 amide bonds. The molecule has 0 radical (unpaired) electrons. The van der Waals surface area contributed by atoms with Gasteiger partial charge in [-0.2, -0.15) is 0 Å². The monoisotopic (exact) mass is 224 g/mol. The number of hydrogen-bond donors (Lipinski definition) is 1. The van der Waals surface area contributed by atoms with E-state index >= 15 is 0 Å². The molecule has 0 saturated carbocycles. The molecule has 1 aromatic carbocycles. The van der Waals surface area contributed by atoms with Gasteiger partial charge in [0.1, 0.15) is 6.04 Å². The number of nitrogens with zero attached hydrogens (tertiary/aromatic N) is 1. The number of halogens is 1. The fraction of sp³-hybridized carbons (Fsp3) is 0.364. The second-order valence-corrected chi connectivity index (χ2v) is 4.02. The van der Waals surface area contributed by atoms with Gasteiger partial charge in [-0.25, -0.2) is 0 Å². The highest BCUT2D eigenvalue weighted by atomic mass is 35.5. The Morgan fingerprint density at radius 3 is 2.73 bits per heavy atom. The van der Waals surface area contributed by atoms with Crippen LogP contribution in [0.3, 0.4) is 0 Å². The molecule has 1 saturated heterocycles. The molecule has 4 heteroatoms. The molecule has 2 rings (SSSR count). The Labute approximate surface area is 93.8 Å². The first-order valence-corrected chi connectivity index (χ1v) is 5.35. The minimum absolute atomic E-state index is 0.00224. The lowest BCUT2D eigenvalue weighted by atomic mass is 9.89. The predicted octanol–water partition coefficient (Wildman–Crippen LogP) is 1.57. The molecule has 1 heterocycles. The van der Waals surface area contributed by atoms with E-state index in [0.29, 0.717) is 11.6 Å². The minimum atomic E-state index is -0.440. The van der Waals surface area contributed by atoms with Crippen LogP contribution >= 0.6 is 11.6 Å². The van der Waals surface area contributed by atoms with Gasteiger partial charge in [-0.3, -0.25) is 4.79 Å². The van der Waals surface area contributed by atoms with Crippen molar-refractivity contribution in [2.45, 2.75) is 19.0 Å². The van der Waals surface area contributed by atoms with Crippen LogP contribution in [0.4, 0.5) is 0 Å². The molecule has 3 nitrogen and oxygen atoms in total. The van der Waals surface area contributed by atoms with Crippen molar-refractivity contribution in [2.24, 2.45) is 5.73 Å². The molecule has 80 valence electrons. The number of carbonyl (C=O) groups excluding carboxylic acids is 1. The highest BCUT2D eigenvalue weighted by molar-refractivity contribution is 6.31. The average molecular weight is 225 g/mol. The summed E-state index contributed by atoms with van der Waals surface area (Å²) in [6.07, 6.45) is 0. The summed E-state index contributed by atoms with van der Waals surface area (Å²) >= 11 is 6.07. The van der Waals surface area contributed by atoms with Crippen LogP contribution in [0.2, 0.25) is 5.02 Å². The minimum Gasteiger partial charge on any atom is -0.332 e. The highest BCUT2D eigenvalue weighted by Crippen LogP contribution is 2.36. The van der Waals surface area contributed by atoms with Crippen molar-refractivity contribution in [3.63, 3.8) is 0 Å². The summed E-state index contributed by atoms with van der Waals surface area (Å²) in [6.45, 7) is 2.61. The SMILES string of the molecule is CCN1C(=O)C(N)C1c1ccccc1Cl. The zero-order valence-corrected chi connectivity index (χ0v) is 9.24. The summed E-state index contributed by atoms with van der Waals surface area (Å²) in [7, 11) is 0. The van der Waals surface area contributed by atoms with Gasteiger partial charge in [-0.15, -0.1) is 0 Å². The third kappa shape index (κ3) is 1.52. The number of hydrogen-bond acceptors (Lipinski definition) is 2. The van der Waals surface area contributed by atoms with Gasteiger partial charge in [0, 0.05) is 11.6 Å². The van der Waals surface area contributed by atoms with Crippen molar-refractivity contribution in [1.82, 2.24) is 4.90 Å². The average Bonchev–Trinajstić information content (AvgIpc) is 2.26. The number of benzene rings is 1. The normalized spacial score (nSPS) is 25.3. The Balaban J connectivity index is 2.32. The fourth-order valence-electron chi connectivity index (χ4n) is 2.00. The molecule has 2 N–H and O–H groups in total. The van der Waals surface area contributed by atoms with E-state index in [4.69, 9.17) is 17.3 Å². The van der Waals surface area contributed by atoms with Crippen LogP contribution < -0.4 is 5.73 Å². The first kappa shape index (κ1) is 10.5. The van der Waals surface area contributed by atoms with E-state index in [0.717, 1.165) is 5.56 Å². The lowest BCUT2D eigenvalue weighted by molar-refractivity contribution is -0.149. The second kappa shape index (κ2) is 3.83. The van der Waals surface area contributed by atoms with Crippen molar-refractivity contribution < 1.29 is 4.79 Å². The summed E-state index contributed by atoms with van der Waals surface area (Å²) < 4.78 is 0. The van der Waals surface area contributed by atoms with Crippen LogP contribution in [-0.4, -0.2) is 23.4 Å². The van der Waals surface area contributed by atoms with Crippen LogP contribution in [0.5, 0.6) is 0 Å². The summed E-state index contributed by atoms with van der Waals surface area (Å²) in [5, 5.41) is 0.670. The molecule has 0 spiro atoms. The van der Waals surface area contributed by atoms with Gasteiger partial charge in [0.2, 0.25) is 5.91 Å². The van der Waals surface area contributed by atoms with Crippen molar-refractivity contribution in [3.05, 3.63) is 34.9 Å². The predicted molar refractivity (Wildman–Crippen MR) is 59.6 cm³/mol. The molecule has 2 unspecified atom stereocenters. The summed E-state index contributed by atoms with van der Waals surface area (Å²) in [5.41, 5.74) is 6.72. The maximum absolute atomic E-state index is 11.4. The van der Waals surface area contributed by atoms with E-state index < -0.39 is 6.04 Å². The Hall–Kier alpha value is -1.06. The van der Waals surface area contributed by atoms with Crippen molar-refractivity contribution in [2.75, 3.05) is 6.54 Å². The van der Waals surface area contributed by atoms with E-state index in [1.165, 1.54) is 0 Å². The topological polar surface area (TPSA) is 46.3 Å². The van der Waals surface area contributed by atoms with Crippen LogP contribution in [0.1, 0.15) is 18.5 Å². The van der Waals surface area contributed by atoms with E-state index in [1.807, 2.05) is 31.2 Å². The third-order valence-electron chi connectivity index (χ3n) is 2.81. The molecule has 1 aromatic rings. The van der Waals surface area contributed by atoms with E-state index in [9.17, 15) is 4.79 Å². The van der Waals surface area contributed by atoms with Gasteiger partial charge in [0.15, 0.2) is 0 Å². The molecule has 0 aliphatic carbocycles. The first-order chi connectivity index (χ1) is 7.16. The molecule has 1 fully saturated rings. The maximum atomic E-state index is 11.4. The van der Waals surface area contributed by atoms with Gasteiger partial charge in [-0.05, 0) is 18.6 Å². The lowest BCUT2D eigenvalue weighted by Crippen LogP contribution is -2.62. The van der Waals surface area contributed by atoms with Gasteiger partial charge in [0.05, 0.1) is 6.04 Å². The van der Waals surface area contributed by atoms with Gasteiger partial charge >= 0.3 is 0 Å². The third-order valence-corrected chi connectivity index (χ3v) is 3.15. The Morgan fingerprint density at radius 1 is 1.47 bits per heavy atom. The number of β-lactam (4-membered cyclic amide) rings is 1. The number of amides is 1. The number of rotatable bonds is 2. The standard InChI is InChI=1S/C11H13ClN2O/c1-2-14-10(9(13)11(14)15)7-5-3-4-6-8(7)12/h3-6,9-10H,2,13H2,1H3. The molecule has 0 bridgehead atoms. The quantitative estimate of drug-likeness (QED) is 0.776. The van der Waals surface area contributed by atoms with Crippen LogP contribution in [0.25, 0.3) is 0 Å². The number of likely N-dealkylation sites (N-methyl/N-ethyl adjacent to an activating group) is 1. The second-order valence-electron chi connectivity index (χ2n) is 3.62. The van der Waals surface area contributed by atoms with E-state index in [-0.39, 0.29) is 11.9 Å². The molecule has 1 aliphatic rings. The smallest absolute Gasteiger partial charge is 0.242 e. The fourth-order valence-corrected chi connectivity index (χ4v) is 2.25. The van der Waals surface area contributed by atoms with E-state index in [1.54, 1.807) is 4.90 Å². The summed E-state index contributed by atoms with van der Waals surface area (Å²) in [4.78, 5) is 13.2. The van der Waals surface area contributed by atoms with Crippen LogP contribution in [-0.2, 0) is 4.79 Å². The largest absolute Gasteiger partial charge is 0.332 e. The molecule has 0 aromatic heterocycles. The molecule has 2 atom stereocenters. The lowest BCUT2D eigenvalue weighted by Gasteiger charge is -2.45. The van der Waals surface area contributed by atoms with Crippen LogP contribution in [0, 0.1) is 0 Å². The van der Waals surface area contributed by atoms with Gasteiger partial charge < -0.3 is 10.6 Å². The molecular formula is C11H13ClN2O. The van der Waals surface area contributed by atoms with Crippen molar-refractivity contribution in [1.29, 1.82) is 0 Å². The zero-order chi connectivity index (χ0) is 11.0. The number of carbonyl (C=O) groups is 1. The van der Waals surface area contributed by atoms with E-state index in [2.05, 4.69) is 0 Å². The number of nitrogens with two attached hydrogens (primary N) is 1. The molecule has 1 aliphatic heterocycles. The van der Waals surface area contributed by atoms with Gasteiger partial charge in [-0.1, -0.05) is 29.8 Å². The maximum Gasteiger partial charge on any atom is 0.242 e. The molecule has 15 heavy (non-hydrogen) atoms. The Kier molecular flexibility index (Phi) is 2.67. The van der Waals surface area contributed by atoms with Crippen molar-refractivity contribution in [3.8, 4) is 0 Å². The number of likely N-dealkylation sites (tertiary alicyclic amines) is 1. The molecular weight excluding hydrogens is 212 g/mol. The Bertz CT molecular complexity index is 394.